The van der Waals surface area contributed by atoms with Crippen molar-refractivity contribution < 1.29 is 14.3 Å². The monoisotopic (exact) mass is 376 g/mol. The predicted molar refractivity (Wildman–Crippen MR) is 104 cm³/mol. The molecule has 0 aliphatic carbocycles. The van der Waals surface area contributed by atoms with E-state index in [0.29, 0.717) is 26.1 Å². The molecule has 26 heavy (non-hydrogen) atoms. The second-order valence-corrected chi connectivity index (χ2v) is 8.26. The highest BCUT2D eigenvalue weighted by atomic mass is 32.2. The van der Waals surface area contributed by atoms with E-state index in [-0.39, 0.29) is 17.2 Å². The fraction of sp³-hybridized carbons (Fsp3) is 0.600. The zero-order valence-corrected chi connectivity index (χ0v) is 16.5. The normalized spacial score (nSPS) is 22.9. The first kappa shape index (κ1) is 19.1. The minimum atomic E-state index is -0.369. The SMILES string of the molecule is COc1cccc(CN2CCC[C@@]3(CCN(C(=O)CCSC)C3)C2=O)c1. The Morgan fingerprint density at radius 2 is 2.15 bits per heavy atom. The molecule has 0 N–H and O–H groups in total. The molecule has 0 unspecified atom stereocenters. The van der Waals surface area contributed by atoms with Gasteiger partial charge in [-0.1, -0.05) is 12.1 Å². The van der Waals surface area contributed by atoms with Crippen LogP contribution in [0.2, 0.25) is 0 Å². The molecule has 2 saturated heterocycles. The van der Waals surface area contributed by atoms with Gasteiger partial charge in [0, 0.05) is 38.4 Å². The standard InChI is InChI=1S/C20H28N2O3S/c1-25-17-6-3-5-16(13-17)14-21-10-4-8-20(19(21)24)9-11-22(15-20)18(23)7-12-26-2/h3,5-6,13H,4,7-12,14-15H2,1-2H3/t20-/m0/s1. The van der Waals surface area contributed by atoms with E-state index >= 15 is 0 Å². The van der Waals surface area contributed by atoms with Crippen molar-refractivity contribution in [1.82, 2.24) is 9.80 Å². The van der Waals surface area contributed by atoms with Crippen LogP contribution in [0.25, 0.3) is 0 Å². The average molecular weight is 377 g/mol. The first-order valence-electron chi connectivity index (χ1n) is 9.27. The topological polar surface area (TPSA) is 49.9 Å². The van der Waals surface area contributed by atoms with Gasteiger partial charge in [-0.3, -0.25) is 9.59 Å². The fourth-order valence-electron chi connectivity index (χ4n) is 4.11. The van der Waals surface area contributed by atoms with Crippen molar-refractivity contribution in [3.63, 3.8) is 0 Å². The minimum absolute atomic E-state index is 0.189. The Kier molecular flexibility index (Phi) is 6.12. The van der Waals surface area contributed by atoms with Crippen LogP contribution in [0.4, 0.5) is 0 Å². The van der Waals surface area contributed by atoms with Crippen LogP contribution in [-0.2, 0) is 16.1 Å². The third-order valence-corrected chi connectivity index (χ3v) is 6.17. The summed E-state index contributed by atoms with van der Waals surface area (Å²) in [6, 6.07) is 7.89. The van der Waals surface area contributed by atoms with E-state index in [0.717, 1.165) is 42.9 Å². The van der Waals surface area contributed by atoms with E-state index in [2.05, 4.69) is 0 Å². The summed E-state index contributed by atoms with van der Waals surface area (Å²) in [4.78, 5) is 29.5. The molecule has 2 heterocycles. The summed E-state index contributed by atoms with van der Waals surface area (Å²) in [5.41, 5.74) is 0.715. The van der Waals surface area contributed by atoms with Crippen LogP contribution >= 0.6 is 11.8 Å². The smallest absolute Gasteiger partial charge is 0.230 e. The predicted octanol–water partition coefficient (Wildman–Crippen LogP) is 2.79. The van der Waals surface area contributed by atoms with Crippen LogP contribution in [0.5, 0.6) is 5.75 Å². The molecule has 0 aromatic heterocycles. The number of carbonyl (C=O) groups is 2. The quantitative estimate of drug-likeness (QED) is 0.766. The Morgan fingerprint density at radius 1 is 1.31 bits per heavy atom. The molecular formula is C20H28N2O3S. The van der Waals surface area contributed by atoms with Gasteiger partial charge in [-0.15, -0.1) is 0 Å². The van der Waals surface area contributed by atoms with Crippen molar-refractivity contribution in [3.05, 3.63) is 29.8 Å². The number of piperidine rings is 1. The summed E-state index contributed by atoms with van der Waals surface area (Å²) in [6.07, 6.45) is 5.28. The molecular weight excluding hydrogens is 348 g/mol. The van der Waals surface area contributed by atoms with Crippen molar-refractivity contribution >= 4 is 23.6 Å². The molecule has 0 saturated carbocycles. The molecule has 2 amide bonds. The van der Waals surface area contributed by atoms with Crippen molar-refractivity contribution in [1.29, 1.82) is 0 Å². The molecule has 1 aromatic rings. The molecule has 142 valence electrons. The number of thioether (sulfide) groups is 1. The van der Waals surface area contributed by atoms with Crippen molar-refractivity contribution in [2.45, 2.75) is 32.2 Å². The summed E-state index contributed by atoms with van der Waals surface area (Å²) in [5.74, 6) is 2.06. The number of amides is 2. The molecule has 0 bridgehead atoms. The second-order valence-electron chi connectivity index (χ2n) is 7.27. The van der Waals surface area contributed by atoms with E-state index in [9.17, 15) is 9.59 Å². The molecule has 0 radical (unpaired) electrons. The number of nitrogens with zero attached hydrogens (tertiary/aromatic N) is 2. The van der Waals surface area contributed by atoms with Gasteiger partial charge in [0.25, 0.3) is 0 Å². The number of hydrogen-bond donors (Lipinski definition) is 0. The van der Waals surface area contributed by atoms with Gasteiger partial charge in [0.05, 0.1) is 12.5 Å². The van der Waals surface area contributed by atoms with Gasteiger partial charge in [-0.25, -0.2) is 0 Å². The molecule has 2 aliphatic heterocycles. The molecule has 5 nitrogen and oxygen atoms in total. The Balaban J connectivity index is 1.67. The largest absolute Gasteiger partial charge is 0.497 e. The van der Waals surface area contributed by atoms with E-state index < -0.39 is 0 Å². The molecule has 2 fully saturated rings. The highest BCUT2D eigenvalue weighted by molar-refractivity contribution is 7.98. The lowest BCUT2D eigenvalue weighted by Crippen LogP contribution is -2.50. The van der Waals surface area contributed by atoms with Gasteiger partial charge in [0.1, 0.15) is 5.75 Å². The number of likely N-dealkylation sites (tertiary alicyclic amines) is 2. The molecule has 2 aliphatic rings. The van der Waals surface area contributed by atoms with Crippen LogP contribution < -0.4 is 4.74 Å². The maximum atomic E-state index is 13.2. The highest BCUT2D eigenvalue weighted by Crippen LogP contribution is 2.40. The summed E-state index contributed by atoms with van der Waals surface area (Å²) < 4.78 is 5.29. The molecule has 1 spiro atoms. The van der Waals surface area contributed by atoms with Gasteiger partial charge >= 0.3 is 0 Å². The summed E-state index contributed by atoms with van der Waals surface area (Å²) >= 11 is 1.69. The van der Waals surface area contributed by atoms with Crippen LogP contribution in [0.15, 0.2) is 24.3 Å². The third-order valence-electron chi connectivity index (χ3n) is 5.56. The van der Waals surface area contributed by atoms with E-state index in [1.54, 1.807) is 18.9 Å². The van der Waals surface area contributed by atoms with Crippen LogP contribution in [0.3, 0.4) is 0 Å². The van der Waals surface area contributed by atoms with Gasteiger partial charge < -0.3 is 14.5 Å². The second kappa shape index (κ2) is 8.33. The lowest BCUT2D eigenvalue weighted by molar-refractivity contribution is -0.146. The minimum Gasteiger partial charge on any atom is -0.497 e. The zero-order valence-electron chi connectivity index (χ0n) is 15.7. The summed E-state index contributed by atoms with van der Waals surface area (Å²) in [5, 5.41) is 0. The van der Waals surface area contributed by atoms with Crippen LogP contribution in [0.1, 0.15) is 31.2 Å². The number of ether oxygens (including phenoxy) is 1. The molecule has 6 heteroatoms. The van der Waals surface area contributed by atoms with E-state index in [4.69, 9.17) is 4.74 Å². The van der Waals surface area contributed by atoms with E-state index in [1.807, 2.05) is 40.3 Å². The van der Waals surface area contributed by atoms with Gasteiger partial charge in [0.15, 0.2) is 0 Å². The Labute approximate surface area is 160 Å². The molecule has 1 aromatic carbocycles. The molecule has 1 atom stereocenters. The van der Waals surface area contributed by atoms with Crippen molar-refractivity contribution in [2.75, 3.05) is 38.8 Å². The fourth-order valence-corrected chi connectivity index (χ4v) is 4.48. The first-order valence-corrected chi connectivity index (χ1v) is 10.7. The number of hydrogen-bond acceptors (Lipinski definition) is 4. The number of methoxy groups -OCH3 is 1. The molecule has 3 rings (SSSR count). The first-order chi connectivity index (χ1) is 12.6. The summed E-state index contributed by atoms with van der Waals surface area (Å²) in [7, 11) is 1.65. The Bertz CT molecular complexity index is 666. The summed E-state index contributed by atoms with van der Waals surface area (Å²) in [6.45, 7) is 2.70. The maximum Gasteiger partial charge on any atom is 0.230 e. The van der Waals surface area contributed by atoms with Crippen molar-refractivity contribution in [2.24, 2.45) is 5.41 Å². The zero-order chi connectivity index (χ0) is 18.6. The number of benzene rings is 1. The lowest BCUT2D eigenvalue weighted by Gasteiger charge is -2.39. The number of carbonyl (C=O) groups excluding carboxylic acids is 2. The van der Waals surface area contributed by atoms with Crippen LogP contribution in [-0.4, -0.2) is 60.4 Å². The van der Waals surface area contributed by atoms with E-state index in [1.165, 1.54) is 0 Å². The van der Waals surface area contributed by atoms with Gasteiger partial charge in [0.2, 0.25) is 11.8 Å². The van der Waals surface area contributed by atoms with Gasteiger partial charge in [-0.2, -0.15) is 11.8 Å². The Hall–Kier alpha value is -1.69. The van der Waals surface area contributed by atoms with Gasteiger partial charge in [-0.05, 0) is 43.2 Å². The third kappa shape index (κ3) is 4.00. The highest BCUT2D eigenvalue weighted by Gasteiger charge is 2.49. The average Bonchev–Trinajstić information content (AvgIpc) is 3.09. The van der Waals surface area contributed by atoms with Crippen LogP contribution in [0, 0.1) is 5.41 Å². The van der Waals surface area contributed by atoms with Crippen molar-refractivity contribution in [3.8, 4) is 5.75 Å². The number of rotatable bonds is 6. The Morgan fingerprint density at radius 3 is 2.92 bits per heavy atom. The lowest BCUT2D eigenvalue weighted by atomic mass is 9.78. The maximum absolute atomic E-state index is 13.2.